The molecule has 0 aliphatic heterocycles. The van der Waals surface area contributed by atoms with E-state index in [4.69, 9.17) is 5.11 Å². The van der Waals surface area contributed by atoms with Crippen molar-refractivity contribution in [3.05, 3.63) is 95.6 Å². The van der Waals surface area contributed by atoms with Crippen molar-refractivity contribution >= 4 is 17.6 Å². The van der Waals surface area contributed by atoms with Crippen molar-refractivity contribution in [2.24, 2.45) is 0 Å². The van der Waals surface area contributed by atoms with E-state index in [1.807, 2.05) is 60.7 Å². The first kappa shape index (κ1) is 18.2. The van der Waals surface area contributed by atoms with Gasteiger partial charge in [-0.25, -0.2) is 0 Å². The van der Waals surface area contributed by atoms with Crippen molar-refractivity contribution < 1.29 is 19.8 Å². The van der Waals surface area contributed by atoms with Crippen LogP contribution in [0.15, 0.2) is 78.9 Å². The van der Waals surface area contributed by atoms with Crippen LogP contribution in [0.5, 0.6) is 5.75 Å². The van der Waals surface area contributed by atoms with Gasteiger partial charge in [-0.05, 0) is 28.8 Å². The molecule has 3 aromatic rings. The Labute approximate surface area is 156 Å². The van der Waals surface area contributed by atoms with Gasteiger partial charge >= 0.3 is 5.97 Å². The number of carboxylic acids is 1. The topological polar surface area (TPSA) is 86.6 Å². The largest absolute Gasteiger partial charge is 0.506 e. The van der Waals surface area contributed by atoms with E-state index in [-0.39, 0.29) is 23.8 Å². The highest BCUT2D eigenvalue weighted by Crippen LogP contribution is 2.29. The second-order valence-corrected chi connectivity index (χ2v) is 6.17. The Morgan fingerprint density at radius 3 is 1.93 bits per heavy atom. The number of carboxylic acid groups (broad SMARTS) is 1. The van der Waals surface area contributed by atoms with Crippen LogP contribution in [0.3, 0.4) is 0 Å². The van der Waals surface area contributed by atoms with E-state index >= 15 is 0 Å². The lowest BCUT2D eigenvalue weighted by molar-refractivity contribution is -0.136. The minimum atomic E-state index is -0.982. The lowest BCUT2D eigenvalue weighted by Gasteiger charge is -2.18. The van der Waals surface area contributed by atoms with E-state index < -0.39 is 11.9 Å². The van der Waals surface area contributed by atoms with Crippen LogP contribution < -0.4 is 5.32 Å². The van der Waals surface area contributed by atoms with Gasteiger partial charge in [0.25, 0.3) is 0 Å². The second-order valence-electron chi connectivity index (χ2n) is 6.17. The minimum Gasteiger partial charge on any atom is -0.506 e. The van der Waals surface area contributed by atoms with Gasteiger partial charge in [-0.2, -0.15) is 0 Å². The molecule has 27 heavy (non-hydrogen) atoms. The SMILES string of the molecule is O=C(O)Cc1ccc(O)c(NC(=O)C(c2ccccc2)c2ccccc2)c1. The first-order chi connectivity index (χ1) is 13.0. The van der Waals surface area contributed by atoms with Crippen LogP contribution in [0.1, 0.15) is 22.6 Å². The van der Waals surface area contributed by atoms with Gasteiger partial charge in [0.1, 0.15) is 5.75 Å². The van der Waals surface area contributed by atoms with Crippen molar-refractivity contribution in [1.82, 2.24) is 0 Å². The summed E-state index contributed by atoms with van der Waals surface area (Å²) in [5, 5.41) is 21.8. The molecule has 0 saturated heterocycles. The molecule has 3 aromatic carbocycles. The van der Waals surface area contributed by atoms with E-state index in [0.29, 0.717) is 5.56 Å². The van der Waals surface area contributed by atoms with Crippen molar-refractivity contribution in [1.29, 1.82) is 0 Å². The summed E-state index contributed by atoms with van der Waals surface area (Å²) in [4.78, 5) is 24.0. The molecule has 0 heterocycles. The molecule has 1 amide bonds. The molecule has 0 atom stereocenters. The number of carbonyl (C=O) groups is 2. The van der Waals surface area contributed by atoms with Crippen LogP contribution in [0.2, 0.25) is 0 Å². The molecular formula is C22H19NO4. The number of hydrogen-bond acceptors (Lipinski definition) is 3. The van der Waals surface area contributed by atoms with Crippen molar-refractivity contribution in [2.45, 2.75) is 12.3 Å². The van der Waals surface area contributed by atoms with E-state index in [0.717, 1.165) is 11.1 Å². The normalized spacial score (nSPS) is 10.6. The van der Waals surface area contributed by atoms with E-state index in [2.05, 4.69) is 5.32 Å². The molecule has 0 aliphatic rings. The summed E-state index contributed by atoms with van der Waals surface area (Å²) in [7, 11) is 0. The van der Waals surface area contributed by atoms with Gasteiger partial charge in [0, 0.05) is 0 Å². The maximum Gasteiger partial charge on any atom is 0.307 e. The standard InChI is InChI=1S/C22H19NO4/c24-19-12-11-15(14-20(25)26)13-18(19)23-22(27)21(16-7-3-1-4-8-16)17-9-5-2-6-10-17/h1-13,21,24H,14H2,(H,23,27)(H,25,26). The summed E-state index contributed by atoms with van der Waals surface area (Å²) in [5.74, 6) is -1.97. The summed E-state index contributed by atoms with van der Waals surface area (Å²) in [6, 6.07) is 23.1. The Morgan fingerprint density at radius 1 is 0.852 bits per heavy atom. The number of anilines is 1. The fourth-order valence-electron chi connectivity index (χ4n) is 2.96. The Bertz CT molecular complexity index is 900. The molecule has 0 radical (unpaired) electrons. The smallest absolute Gasteiger partial charge is 0.307 e. The zero-order valence-corrected chi connectivity index (χ0v) is 14.5. The molecule has 5 nitrogen and oxygen atoms in total. The van der Waals surface area contributed by atoms with Crippen molar-refractivity contribution in [2.75, 3.05) is 5.32 Å². The monoisotopic (exact) mass is 361 g/mol. The first-order valence-electron chi connectivity index (χ1n) is 8.49. The minimum absolute atomic E-state index is 0.114. The molecule has 3 N–H and O–H groups in total. The molecule has 0 aliphatic carbocycles. The number of nitrogens with one attached hydrogen (secondary N) is 1. The maximum atomic E-state index is 13.1. The first-order valence-corrected chi connectivity index (χ1v) is 8.49. The van der Waals surface area contributed by atoms with Gasteiger partial charge in [0.05, 0.1) is 18.0 Å². The Balaban J connectivity index is 1.93. The molecule has 0 unspecified atom stereocenters. The van der Waals surface area contributed by atoms with Gasteiger partial charge in [0.2, 0.25) is 5.91 Å². The molecule has 0 spiro atoms. The van der Waals surface area contributed by atoms with Gasteiger partial charge < -0.3 is 15.5 Å². The van der Waals surface area contributed by atoms with Crippen LogP contribution in [0, 0.1) is 0 Å². The fraction of sp³-hybridized carbons (Fsp3) is 0.0909. The summed E-state index contributed by atoms with van der Waals surface area (Å²) >= 11 is 0. The zero-order chi connectivity index (χ0) is 19.2. The summed E-state index contributed by atoms with van der Waals surface area (Å²) in [6.45, 7) is 0. The second kappa shape index (κ2) is 8.19. The molecular weight excluding hydrogens is 342 g/mol. The third-order valence-electron chi connectivity index (χ3n) is 4.20. The van der Waals surface area contributed by atoms with Crippen LogP contribution in [-0.2, 0) is 16.0 Å². The number of carbonyl (C=O) groups excluding carboxylic acids is 1. The number of aromatic hydroxyl groups is 1. The molecule has 3 rings (SSSR count). The lowest BCUT2D eigenvalue weighted by atomic mass is 9.90. The van der Waals surface area contributed by atoms with Crippen LogP contribution in [0.25, 0.3) is 0 Å². The highest BCUT2D eigenvalue weighted by Gasteiger charge is 2.23. The number of phenolic OH excluding ortho intramolecular Hbond substituents is 1. The van der Waals surface area contributed by atoms with Gasteiger partial charge in [-0.15, -0.1) is 0 Å². The average Bonchev–Trinajstić information content (AvgIpc) is 2.66. The van der Waals surface area contributed by atoms with Gasteiger partial charge in [0.15, 0.2) is 0 Å². The highest BCUT2D eigenvalue weighted by atomic mass is 16.4. The highest BCUT2D eigenvalue weighted by molar-refractivity contribution is 5.99. The molecule has 0 aromatic heterocycles. The Morgan fingerprint density at radius 2 is 1.41 bits per heavy atom. The van der Waals surface area contributed by atoms with Gasteiger partial charge in [-0.1, -0.05) is 66.7 Å². The van der Waals surface area contributed by atoms with Crippen molar-refractivity contribution in [3.63, 3.8) is 0 Å². The quantitative estimate of drug-likeness (QED) is 0.583. The fourth-order valence-corrected chi connectivity index (χ4v) is 2.96. The van der Waals surface area contributed by atoms with E-state index in [1.165, 1.54) is 18.2 Å². The van der Waals surface area contributed by atoms with E-state index in [1.54, 1.807) is 0 Å². The molecule has 0 fully saturated rings. The summed E-state index contributed by atoms with van der Waals surface area (Å²) < 4.78 is 0. The van der Waals surface area contributed by atoms with Crippen molar-refractivity contribution in [3.8, 4) is 5.75 Å². The van der Waals surface area contributed by atoms with Crippen LogP contribution in [0.4, 0.5) is 5.69 Å². The predicted molar refractivity (Wildman–Crippen MR) is 103 cm³/mol. The Kier molecular flexibility index (Phi) is 5.52. The number of benzene rings is 3. The number of aliphatic carboxylic acids is 1. The molecule has 0 saturated carbocycles. The third kappa shape index (κ3) is 4.52. The molecule has 0 bridgehead atoms. The van der Waals surface area contributed by atoms with Crippen LogP contribution >= 0.6 is 0 Å². The number of rotatable bonds is 6. The number of phenols is 1. The number of amides is 1. The van der Waals surface area contributed by atoms with E-state index in [9.17, 15) is 14.7 Å². The molecule has 136 valence electrons. The maximum absolute atomic E-state index is 13.1. The zero-order valence-electron chi connectivity index (χ0n) is 14.5. The number of hydrogen-bond donors (Lipinski definition) is 3. The molecule has 5 heteroatoms. The summed E-state index contributed by atoms with van der Waals surface area (Å²) in [5.41, 5.74) is 2.33. The summed E-state index contributed by atoms with van der Waals surface area (Å²) in [6.07, 6.45) is -0.191. The average molecular weight is 361 g/mol. The lowest BCUT2D eigenvalue weighted by Crippen LogP contribution is -2.22. The third-order valence-corrected chi connectivity index (χ3v) is 4.20. The predicted octanol–water partition coefficient (Wildman–Crippen LogP) is 3.79. The van der Waals surface area contributed by atoms with Gasteiger partial charge in [-0.3, -0.25) is 9.59 Å². The Hall–Kier alpha value is -3.60. The van der Waals surface area contributed by atoms with Crippen LogP contribution in [-0.4, -0.2) is 22.1 Å².